The lowest BCUT2D eigenvalue weighted by Crippen LogP contribution is -2.49. The zero-order chi connectivity index (χ0) is 13.9. The van der Waals surface area contributed by atoms with Crippen molar-refractivity contribution in [3.8, 4) is 11.3 Å². The van der Waals surface area contributed by atoms with Crippen LogP contribution >= 0.6 is 0 Å². The van der Waals surface area contributed by atoms with Crippen LogP contribution in [0.5, 0.6) is 0 Å². The maximum Gasteiger partial charge on any atom is 0.209 e. The van der Waals surface area contributed by atoms with Gasteiger partial charge in [0.25, 0.3) is 0 Å². The first-order valence-corrected chi connectivity index (χ1v) is 6.88. The van der Waals surface area contributed by atoms with Crippen LogP contribution in [0.4, 0.5) is 4.39 Å². The summed E-state index contributed by atoms with van der Waals surface area (Å²) in [6, 6.07) is 6.83. The number of piperazine rings is 1. The van der Waals surface area contributed by atoms with E-state index >= 15 is 0 Å². The van der Waals surface area contributed by atoms with Crippen molar-refractivity contribution in [3.63, 3.8) is 0 Å². The molecular weight excluding hydrogens is 257 g/mol. The van der Waals surface area contributed by atoms with Crippen LogP contribution in [0.3, 0.4) is 0 Å². The van der Waals surface area contributed by atoms with Crippen molar-refractivity contribution >= 4 is 0 Å². The Bertz CT molecular complexity index is 584. The molecule has 2 aromatic rings. The molecule has 0 spiro atoms. The van der Waals surface area contributed by atoms with Gasteiger partial charge in [-0.2, -0.15) is 0 Å². The molecule has 0 unspecified atom stereocenters. The largest absolute Gasteiger partial charge is 0.439 e. The van der Waals surface area contributed by atoms with Crippen molar-refractivity contribution in [1.82, 2.24) is 15.2 Å². The Morgan fingerprint density at radius 1 is 1.50 bits per heavy atom. The van der Waals surface area contributed by atoms with Gasteiger partial charge in [0.15, 0.2) is 5.76 Å². The number of hydrogen-bond acceptors (Lipinski definition) is 4. The number of hydrogen-bond donors (Lipinski definition) is 1. The minimum atomic E-state index is -0.267. The summed E-state index contributed by atoms with van der Waals surface area (Å²) in [7, 11) is 0. The average Bonchev–Trinajstić information content (AvgIpc) is 2.90. The molecule has 20 heavy (non-hydrogen) atoms. The van der Waals surface area contributed by atoms with Gasteiger partial charge in [0.1, 0.15) is 5.82 Å². The SMILES string of the molecule is C[C@H]1CNCCN1Cc1ncc(-c2cccc(F)c2)o1. The van der Waals surface area contributed by atoms with Gasteiger partial charge in [0, 0.05) is 31.2 Å². The van der Waals surface area contributed by atoms with Gasteiger partial charge < -0.3 is 9.73 Å². The molecule has 1 aromatic heterocycles. The lowest BCUT2D eigenvalue weighted by molar-refractivity contribution is 0.151. The van der Waals surface area contributed by atoms with Gasteiger partial charge in [-0.15, -0.1) is 0 Å². The maximum atomic E-state index is 13.2. The number of nitrogens with zero attached hydrogens (tertiary/aromatic N) is 2. The monoisotopic (exact) mass is 275 g/mol. The molecule has 2 heterocycles. The Morgan fingerprint density at radius 3 is 3.20 bits per heavy atom. The summed E-state index contributed by atoms with van der Waals surface area (Å²) in [5.74, 6) is 1.02. The van der Waals surface area contributed by atoms with Crippen molar-refractivity contribution in [3.05, 3.63) is 42.2 Å². The van der Waals surface area contributed by atoms with Crippen molar-refractivity contribution < 1.29 is 8.81 Å². The van der Waals surface area contributed by atoms with Gasteiger partial charge >= 0.3 is 0 Å². The van der Waals surface area contributed by atoms with E-state index in [9.17, 15) is 4.39 Å². The first kappa shape index (κ1) is 13.3. The lowest BCUT2D eigenvalue weighted by Gasteiger charge is -2.32. The Kier molecular flexibility index (Phi) is 3.80. The average molecular weight is 275 g/mol. The van der Waals surface area contributed by atoms with E-state index in [0.717, 1.165) is 25.2 Å². The summed E-state index contributed by atoms with van der Waals surface area (Å²) in [6.07, 6.45) is 1.66. The van der Waals surface area contributed by atoms with Crippen molar-refractivity contribution in [2.75, 3.05) is 19.6 Å². The second-order valence-electron chi connectivity index (χ2n) is 5.15. The first-order chi connectivity index (χ1) is 9.72. The van der Waals surface area contributed by atoms with Gasteiger partial charge in [-0.3, -0.25) is 4.90 Å². The Labute approximate surface area is 117 Å². The maximum absolute atomic E-state index is 13.2. The molecule has 106 valence electrons. The molecule has 0 bridgehead atoms. The zero-order valence-electron chi connectivity index (χ0n) is 11.5. The van der Waals surface area contributed by atoms with Crippen molar-refractivity contribution in [2.45, 2.75) is 19.5 Å². The van der Waals surface area contributed by atoms with E-state index in [1.807, 2.05) is 6.07 Å². The standard InChI is InChI=1S/C15H18FN3O/c1-11-8-17-5-6-19(11)10-15-18-9-14(20-15)12-3-2-4-13(16)7-12/h2-4,7,9,11,17H,5-6,8,10H2,1H3/t11-/m0/s1. The highest BCUT2D eigenvalue weighted by Gasteiger charge is 2.20. The topological polar surface area (TPSA) is 41.3 Å². The Balaban J connectivity index is 1.73. The lowest BCUT2D eigenvalue weighted by atomic mass is 10.2. The molecule has 1 aromatic carbocycles. The summed E-state index contributed by atoms with van der Waals surface area (Å²) in [6.45, 7) is 5.83. The second kappa shape index (κ2) is 5.73. The number of halogens is 1. The molecule has 0 radical (unpaired) electrons. The molecule has 4 nitrogen and oxygen atoms in total. The Morgan fingerprint density at radius 2 is 2.40 bits per heavy atom. The fraction of sp³-hybridized carbons (Fsp3) is 0.400. The van der Waals surface area contributed by atoms with Crippen LogP contribution in [0.1, 0.15) is 12.8 Å². The van der Waals surface area contributed by atoms with Crippen LogP contribution in [0.25, 0.3) is 11.3 Å². The molecule has 0 saturated carbocycles. The predicted octanol–water partition coefficient (Wildman–Crippen LogP) is 2.27. The van der Waals surface area contributed by atoms with Crippen molar-refractivity contribution in [2.24, 2.45) is 0 Å². The molecule has 1 fully saturated rings. The molecule has 1 aliphatic heterocycles. The minimum absolute atomic E-state index is 0.267. The van der Waals surface area contributed by atoms with Gasteiger partial charge in [-0.25, -0.2) is 9.37 Å². The van der Waals surface area contributed by atoms with Crippen molar-refractivity contribution in [1.29, 1.82) is 0 Å². The van der Waals surface area contributed by atoms with Gasteiger partial charge in [-0.05, 0) is 19.1 Å². The smallest absolute Gasteiger partial charge is 0.209 e. The van der Waals surface area contributed by atoms with Gasteiger partial charge in [-0.1, -0.05) is 12.1 Å². The summed E-state index contributed by atoms with van der Waals surface area (Å²) in [5.41, 5.74) is 0.720. The van der Waals surface area contributed by atoms with E-state index in [2.05, 4.69) is 22.1 Å². The molecule has 0 amide bonds. The quantitative estimate of drug-likeness (QED) is 0.933. The third kappa shape index (κ3) is 2.89. The fourth-order valence-electron chi connectivity index (χ4n) is 2.45. The summed E-state index contributed by atoms with van der Waals surface area (Å²) in [5, 5.41) is 3.35. The highest BCUT2D eigenvalue weighted by atomic mass is 19.1. The van der Waals surface area contributed by atoms with E-state index in [1.54, 1.807) is 12.3 Å². The summed E-state index contributed by atoms with van der Waals surface area (Å²) < 4.78 is 18.9. The Hall–Kier alpha value is -1.72. The third-order valence-electron chi connectivity index (χ3n) is 3.64. The van der Waals surface area contributed by atoms with Crippen LogP contribution in [0, 0.1) is 5.82 Å². The van der Waals surface area contributed by atoms with E-state index in [-0.39, 0.29) is 5.82 Å². The van der Waals surface area contributed by atoms with E-state index < -0.39 is 0 Å². The minimum Gasteiger partial charge on any atom is -0.439 e. The molecule has 1 saturated heterocycles. The molecular formula is C15H18FN3O. The number of nitrogens with one attached hydrogen (secondary N) is 1. The van der Waals surface area contributed by atoms with Gasteiger partial charge in [0.05, 0.1) is 12.7 Å². The third-order valence-corrected chi connectivity index (χ3v) is 3.64. The van der Waals surface area contributed by atoms with Crippen LogP contribution in [0.2, 0.25) is 0 Å². The second-order valence-corrected chi connectivity index (χ2v) is 5.15. The van der Waals surface area contributed by atoms with E-state index in [1.165, 1.54) is 12.1 Å². The number of aromatic nitrogens is 1. The number of oxazole rings is 1. The van der Waals surface area contributed by atoms with Crippen LogP contribution in [-0.2, 0) is 6.54 Å². The molecule has 1 N–H and O–H groups in total. The summed E-state index contributed by atoms with van der Waals surface area (Å²) >= 11 is 0. The molecule has 0 aliphatic carbocycles. The summed E-state index contributed by atoms with van der Waals surface area (Å²) in [4.78, 5) is 6.63. The van der Waals surface area contributed by atoms with Crippen LogP contribution < -0.4 is 5.32 Å². The van der Waals surface area contributed by atoms with Gasteiger partial charge in [0.2, 0.25) is 5.89 Å². The fourth-order valence-corrected chi connectivity index (χ4v) is 2.45. The normalized spacial score (nSPS) is 20.2. The predicted molar refractivity (Wildman–Crippen MR) is 74.6 cm³/mol. The first-order valence-electron chi connectivity index (χ1n) is 6.88. The highest BCUT2D eigenvalue weighted by molar-refractivity contribution is 5.56. The van der Waals surface area contributed by atoms with E-state index in [0.29, 0.717) is 24.2 Å². The van der Waals surface area contributed by atoms with Crippen LogP contribution in [0.15, 0.2) is 34.9 Å². The molecule has 5 heteroatoms. The number of rotatable bonds is 3. The number of benzene rings is 1. The molecule has 1 atom stereocenters. The molecule has 1 aliphatic rings. The highest BCUT2D eigenvalue weighted by Crippen LogP contribution is 2.22. The zero-order valence-corrected chi connectivity index (χ0v) is 11.5. The molecule has 3 rings (SSSR count). The van der Waals surface area contributed by atoms with Crippen LogP contribution in [-0.4, -0.2) is 35.6 Å². The van der Waals surface area contributed by atoms with E-state index in [4.69, 9.17) is 4.42 Å².